The Balaban J connectivity index is 2.00. The SMILES string of the molecule is CCCCC(=O)Nc1nc(-c2ccc(Br)s2)cs1. The summed E-state index contributed by atoms with van der Waals surface area (Å²) in [5.41, 5.74) is 0.918. The molecule has 0 radical (unpaired) electrons. The van der Waals surface area contributed by atoms with Crippen molar-refractivity contribution >= 4 is 49.6 Å². The van der Waals surface area contributed by atoms with Gasteiger partial charge in [-0.1, -0.05) is 13.3 Å². The van der Waals surface area contributed by atoms with Gasteiger partial charge in [0.15, 0.2) is 5.13 Å². The number of halogens is 1. The van der Waals surface area contributed by atoms with Gasteiger partial charge in [0.05, 0.1) is 14.4 Å². The van der Waals surface area contributed by atoms with Gasteiger partial charge in [0.25, 0.3) is 0 Å². The van der Waals surface area contributed by atoms with Crippen LogP contribution in [0.5, 0.6) is 0 Å². The van der Waals surface area contributed by atoms with Gasteiger partial charge in [-0.15, -0.1) is 22.7 Å². The fraction of sp³-hybridized carbons (Fsp3) is 0.333. The van der Waals surface area contributed by atoms with Crippen LogP contribution in [0.1, 0.15) is 26.2 Å². The van der Waals surface area contributed by atoms with E-state index in [9.17, 15) is 4.79 Å². The lowest BCUT2D eigenvalue weighted by molar-refractivity contribution is -0.116. The van der Waals surface area contributed by atoms with E-state index in [1.165, 1.54) is 11.3 Å². The van der Waals surface area contributed by atoms with Gasteiger partial charge in [-0.2, -0.15) is 0 Å². The Morgan fingerprint density at radius 2 is 2.33 bits per heavy atom. The predicted molar refractivity (Wildman–Crippen MR) is 81.3 cm³/mol. The maximum atomic E-state index is 11.6. The number of nitrogens with one attached hydrogen (secondary N) is 1. The molecule has 0 aromatic carbocycles. The highest BCUT2D eigenvalue weighted by atomic mass is 79.9. The Morgan fingerprint density at radius 3 is 3.00 bits per heavy atom. The Labute approximate surface area is 122 Å². The zero-order valence-electron chi connectivity index (χ0n) is 9.90. The molecule has 0 bridgehead atoms. The van der Waals surface area contributed by atoms with E-state index in [4.69, 9.17) is 0 Å². The molecule has 96 valence electrons. The topological polar surface area (TPSA) is 42.0 Å². The summed E-state index contributed by atoms with van der Waals surface area (Å²) in [6.45, 7) is 2.07. The van der Waals surface area contributed by atoms with Crippen molar-refractivity contribution in [3.8, 4) is 10.6 Å². The molecule has 2 rings (SSSR count). The second-order valence-electron chi connectivity index (χ2n) is 3.79. The van der Waals surface area contributed by atoms with Gasteiger partial charge in [-0.3, -0.25) is 4.79 Å². The molecule has 0 aliphatic carbocycles. The van der Waals surface area contributed by atoms with Gasteiger partial charge in [-0.05, 0) is 34.5 Å². The van der Waals surface area contributed by atoms with E-state index < -0.39 is 0 Å². The molecule has 2 aromatic rings. The van der Waals surface area contributed by atoms with E-state index in [0.29, 0.717) is 11.6 Å². The van der Waals surface area contributed by atoms with Crippen molar-refractivity contribution in [3.63, 3.8) is 0 Å². The third kappa shape index (κ3) is 3.63. The van der Waals surface area contributed by atoms with Gasteiger partial charge >= 0.3 is 0 Å². The van der Waals surface area contributed by atoms with Gasteiger partial charge in [0, 0.05) is 11.8 Å². The molecule has 0 saturated carbocycles. The molecule has 0 saturated heterocycles. The monoisotopic (exact) mass is 344 g/mol. The van der Waals surface area contributed by atoms with Gasteiger partial charge in [0.2, 0.25) is 5.91 Å². The summed E-state index contributed by atoms with van der Waals surface area (Å²) in [5.74, 6) is 0.0464. The van der Waals surface area contributed by atoms with Gasteiger partial charge < -0.3 is 5.32 Å². The Bertz CT molecular complexity index is 536. The number of thiazole rings is 1. The summed E-state index contributed by atoms with van der Waals surface area (Å²) in [6.07, 6.45) is 2.51. The third-order valence-corrected chi connectivity index (χ3v) is 4.74. The van der Waals surface area contributed by atoms with E-state index in [2.05, 4.69) is 33.2 Å². The van der Waals surface area contributed by atoms with Crippen molar-refractivity contribution in [2.45, 2.75) is 26.2 Å². The van der Waals surface area contributed by atoms with Crippen LogP contribution in [0.25, 0.3) is 10.6 Å². The number of unbranched alkanes of at least 4 members (excludes halogenated alkanes) is 1. The van der Waals surface area contributed by atoms with Crippen LogP contribution < -0.4 is 5.32 Å². The number of hydrogen-bond acceptors (Lipinski definition) is 4. The second-order valence-corrected chi connectivity index (χ2v) is 7.11. The molecule has 0 atom stereocenters. The Hall–Kier alpha value is -0.720. The lowest BCUT2D eigenvalue weighted by Crippen LogP contribution is -2.10. The van der Waals surface area contributed by atoms with Crippen LogP contribution in [0.15, 0.2) is 21.3 Å². The van der Waals surface area contributed by atoms with Crippen molar-refractivity contribution in [2.24, 2.45) is 0 Å². The summed E-state index contributed by atoms with van der Waals surface area (Å²) in [6, 6.07) is 4.02. The summed E-state index contributed by atoms with van der Waals surface area (Å²) < 4.78 is 1.08. The molecular formula is C12H13BrN2OS2. The summed E-state index contributed by atoms with van der Waals surface area (Å²) >= 11 is 6.53. The zero-order chi connectivity index (χ0) is 13.0. The Morgan fingerprint density at radius 1 is 1.50 bits per heavy atom. The minimum absolute atomic E-state index is 0.0464. The number of hydrogen-bond donors (Lipinski definition) is 1. The van der Waals surface area contributed by atoms with Crippen LogP contribution in [0.2, 0.25) is 0 Å². The van der Waals surface area contributed by atoms with Crippen LogP contribution in [0.3, 0.4) is 0 Å². The lowest BCUT2D eigenvalue weighted by Gasteiger charge is -1.99. The molecule has 0 aliphatic heterocycles. The van der Waals surface area contributed by atoms with E-state index in [0.717, 1.165) is 27.2 Å². The highest BCUT2D eigenvalue weighted by molar-refractivity contribution is 9.11. The molecule has 2 heterocycles. The predicted octanol–water partition coefficient (Wildman–Crippen LogP) is 4.76. The molecule has 1 N–H and O–H groups in total. The van der Waals surface area contributed by atoms with Crippen LogP contribution in [-0.4, -0.2) is 10.9 Å². The molecule has 0 spiro atoms. The number of carbonyl (C=O) groups is 1. The first-order chi connectivity index (χ1) is 8.69. The van der Waals surface area contributed by atoms with E-state index >= 15 is 0 Å². The molecule has 18 heavy (non-hydrogen) atoms. The third-order valence-electron chi connectivity index (χ3n) is 2.33. The standard InChI is InChI=1S/C12H13BrN2OS2/c1-2-3-4-11(16)15-12-14-8(7-17-12)9-5-6-10(13)18-9/h5-7H,2-4H2,1H3,(H,14,15,16). The minimum Gasteiger partial charge on any atom is -0.302 e. The van der Waals surface area contributed by atoms with Crippen molar-refractivity contribution in [1.29, 1.82) is 0 Å². The van der Waals surface area contributed by atoms with Gasteiger partial charge in [0.1, 0.15) is 0 Å². The maximum absolute atomic E-state index is 11.6. The van der Waals surface area contributed by atoms with Gasteiger partial charge in [-0.25, -0.2) is 4.98 Å². The first-order valence-corrected chi connectivity index (χ1v) is 8.19. The number of thiophene rings is 1. The quantitative estimate of drug-likeness (QED) is 0.849. The molecule has 1 amide bonds. The van der Waals surface area contributed by atoms with Crippen LogP contribution in [-0.2, 0) is 4.79 Å². The minimum atomic E-state index is 0.0464. The number of amides is 1. The molecule has 0 aliphatic rings. The number of aromatic nitrogens is 1. The molecule has 0 fully saturated rings. The molecule has 2 aromatic heterocycles. The van der Waals surface area contributed by atoms with E-state index in [-0.39, 0.29) is 5.91 Å². The normalized spacial score (nSPS) is 10.6. The number of anilines is 1. The lowest BCUT2D eigenvalue weighted by atomic mass is 10.2. The van der Waals surface area contributed by atoms with Crippen molar-refractivity contribution in [2.75, 3.05) is 5.32 Å². The fourth-order valence-corrected chi connectivity index (χ4v) is 3.56. The fourth-order valence-electron chi connectivity index (χ4n) is 1.42. The maximum Gasteiger partial charge on any atom is 0.226 e. The molecular weight excluding hydrogens is 332 g/mol. The van der Waals surface area contributed by atoms with Crippen LogP contribution in [0.4, 0.5) is 5.13 Å². The molecule has 3 nitrogen and oxygen atoms in total. The van der Waals surface area contributed by atoms with E-state index in [1.807, 2.05) is 17.5 Å². The van der Waals surface area contributed by atoms with Crippen LogP contribution >= 0.6 is 38.6 Å². The number of nitrogens with zero attached hydrogens (tertiary/aromatic N) is 1. The van der Waals surface area contributed by atoms with Crippen molar-refractivity contribution < 1.29 is 4.79 Å². The van der Waals surface area contributed by atoms with Crippen LogP contribution in [0, 0.1) is 0 Å². The van der Waals surface area contributed by atoms with Crippen molar-refractivity contribution in [3.05, 3.63) is 21.3 Å². The Kier molecular flexibility index (Phi) is 4.91. The highest BCUT2D eigenvalue weighted by Gasteiger charge is 2.09. The smallest absolute Gasteiger partial charge is 0.226 e. The van der Waals surface area contributed by atoms with E-state index in [1.54, 1.807) is 11.3 Å². The largest absolute Gasteiger partial charge is 0.302 e. The zero-order valence-corrected chi connectivity index (χ0v) is 13.1. The number of rotatable bonds is 5. The number of carbonyl (C=O) groups excluding carboxylic acids is 1. The summed E-state index contributed by atoms with van der Waals surface area (Å²) in [7, 11) is 0. The highest BCUT2D eigenvalue weighted by Crippen LogP contribution is 2.33. The molecule has 0 unspecified atom stereocenters. The average molecular weight is 345 g/mol. The first kappa shape index (κ1) is 13.7. The second kappa shape index (κ2) is 6.45. The first-order valence-electron chi connectivity index (χ1n) is 5.70. The average Bonchev–Trinajstić information content (AvgIpc) is 2.95. The molecule has 6 heteroatoms. The van der Waals surface area contributed by atoms with Crippen molar-refractivity contribution in [1.82, 2.24) is 4.98 Å². The summed E-state index contributed by atoms with van der Waals surface area (Å²) in [5, 5.41) is 5.48. The summed E-state index contributed by atoms with van der Waals surface area (Å²) in [4.78, 5) is 17.1.